The van der Waals surface area contributed by atoms with Crippen LogP contribution < -0.4 is 4.84 Å². The minimum atomic E-state index is -0.321. The van der Waals surface area contributed by atoms with Crippen LogP contribution in [0.1, 0.15) is 45.2 Å². The fourth-order valence-corrected chi connectivity index (χ4v) is 8.97. The number of H-pyrrole nitrogens is 3. The number of phenols is 1. The van der Waals surface area contributed by atoms with Crippen molar-refractivity contribution >= 4 is 71.1 Å². The van der Waals surface area contributed by atoms with Gasteiger partial charge < -0.3 is 24.9 Å². The zero-order chi connectivity index (χ0) is 36.3. The molecule has 0 saturated carbocycles. The quantitative estimate of drug-likeness (QED) is 0.124. The molecule has 0 radical (unpaired) electrons. The van der Waals surface area contributed by atoms with Crippen LogP contribution in [0.4, 0.5) is 0 Å². The number of nitrogens with one attached hydrogen (secondary N) is 3. The van der Waals surface area contributed by atoms with E-state index in [1.54, 1.807) is 6.07 Å². The maximum Gasteiger partial charge on any atom is 0.170 e. The van der Waals surface area contributed by atoms with E-state index in [-0.39, 0.29) is 17.6 Å². The van der Waals surface area contributed by atoms with E-state index in [9.17, 15) is 5.11 Å². The fourth-order valence-electron chi connectivity index (χ4n) is 8.17. The van der Waals surface area contributed by atoms with Gasteiger partial charge in [0.1, 0.15) is 5.75 Å². The minimum Gasteiger partial charge on any atom is -0.506 e. The highest BCUT2D eigenvalue weighted by atomic mass is 79.9. The maximum absolute atomic E-state index is 10.8. The number of aromatic hydroxyl groups is 1. The first-order valence-corrected chi connectivity index (χ1v) is 18.9. The molecule has 8 heteroatoms. The topological polar surface area (TPSA) is 81.8 Å². The molecule has 1 atom stereocenters. The van der Waals surface area contributed by atoms with Crippen LogP contribution in [0, 0.1) is 0 Å². The van der Waals surface area contributed by atoms with Crippen molar-refractivity contribution in [1.29, 1.82) is 0 Å². The molecule has 0 bridgehead atoms. The van der Waals surface area contributed by atoms with Crippen LogP contribution in [0.25, 0.3) is 43.6 Å². The van der Waals surface area contributed by atoms with Gasteiger partial charge in [-0.05, 0) is 85.7 Å². The smallest absolute Gasteiger partial charge is 0.170 e. The second-order valence-corrected chi connectivity index (χ2v) is 14.8. The lowest BCUT2D eigenvalue weighted by atomic mass is 9.84. The molecule has 0 saturated heterocycles. The summed E-state index contributed by atoms with van der Waals surface area (Å²) >= 11 is 11.0. The van der Waals surface area contributed by atoms with E-state index in [2.05, 4.69) is 128 Å². The molecule has 262 valence electrons. The summed E-state index contributed by atoms with van der Waals surface area (Å²) in [6.45, 7) is 0. The first-order valence-electron chi connectivity index (χ1n) is 17.8. The number of halogens is 2. The Balaban J connectivity index is 1.14. The first-order chi connectivity index (χ1) is 26.5. The summed E-state index contributed by atoms with van der Waals surface area (Å²) in [5.41, 5.74) is 10.3. The van der Waals surface area contributed by atoms with Gasteiger partial charge in [-0.1, -0.05) is 109 Å². The molecule has 0 aliphatic rings. The lowest BCUT2D eigenvalue weighted by Gasteiger charge is -2.21. The van der Waals surface area contributed by atoms with Gasteiger partial charge in [0.25, 0.3) is 0 Å². The SMILES string of the molecule is Oc1cccc(C(c2c[nH]c3ccccc23)c2cn(Oc3cccc(C(c4c[nH]c5ccccc45)c4c[nH]c5ccccc45)c3Br)c3ccccc23)c1Cl. The van der Waals surface area contributed by atoms with E-state index in [4.69, 9.17) is 16.4 Å². The van der Waals surface area contributed by atoms with Crippen LogP contribution in [0.15, 0.2) is 163 Å². The normalized spacial score (nSPS) is 12.4. The fraction of sp³-hybridized carbons (Fsp3) is 0.0435. The highest BCUT2D eigenvalue weighted by molar-refractivity contribution is 9.10. The third-order valence-corrected chi connectivity index (χ3v) is 11.9. The highest BCUT2D eigenvalue weighted by Crippen LogP contribution is 2.47. The van der Waals surface area contributed by atoms with Crippen LogP contribution in [-0.4, -0.2) is 24.8 Å². The van der Waals surface area contributed by atoms with E-state index in [1.807, 2.05) is 59.6 Å². The molecule has 0 spiro atoms. The zero-order valence-corrected chi connectivity index (χ0v) is 31.1. The molecule has 0 aliphatic carbocycles. The molecule has 10 rings (SSSR count). The molecule has 0 fully saturated rings. The molecule has 10 aromatic rings. The van der Waals surface area contributed by atoms with Gasteiger partial charge >= 0.3 is 0 Å². The lowest BCUT2D eigenvalue weighted by molar-refractivity contribution is 0.227. The number of para-hydroxylation sites is 4. The largest absolute Gasteiger partial charge is 0.506 e. The summed E-state index contributed by atoms with van der Waals surface area (Å²) in [7, 11) is 0. The summed E-state index contributed by atoms with van der Waals surface area (Å²) < 4.78 is 2.70. The molecule has 1 unspecified atom stereocenters. The van der Waals surface area contributed by atoms with E-state index in [1.165, 1.54) is 21.9 Å². The van der Waals surface area contributed by atoms with E-state index < -0.39 is 0 Å². The van der Waals surface area contributed by atoms with Gasteiger partial charge in [0.15, 0.2) is 5.75 Å². The molecule has 0 aliphatic heterocycles. The van der Waals surface area contributed by atoms with Crippen molar-refractivity contribution in [1.82, 2.24) is 19.7 Å². The number of hydrogen-bond donors (Lipinski definition) is 4. The molecular weight excluding hydrogens is 756 g/mol. The van der Waals surface area contributed by atoms with Crippen molar-refractivity contribution in [3.05, 3.63) is 201 Å². The lowest BCUT2D eigenvalue weighted by Crippen LogP contribution is -2.08. The minimum absolute atomic E-state index is 0.0414. The number of rotatable bonds is 8. The highest BCUT2D eigenvalue weighted by Gasteiger charge is 2.29. The molecule has 0 amide bonds. The summed E-state index contributed by atoms with van der Waals surface area (Å²) in [5, 5.41) is 15.5. The molecule has 4 aromatic heterocycles. The Labute approximate surface area is 323 Å². The second kappa shape index (κ2) is 13.1. The number of benzene rings is 6. The summed E-state index contributed by atoms with van der Waals surface area (Å²) in [5.74, 6) is 0.271. The van der Waals surface area contributed by atoms with Gasteiger partial charge in [-0.25, -0.2) is 0 Å². The number of nitrogens with zero attached hydrogens (tertiary/aromatic N) is 1. The number of aromatic amines is 3. The van der Waals surface area contributed by atoms with Crippen molar-refractivity contribution in [2.24, 2.45) is 0 Å². The summed E-state index contributed by atoms with van der Waals surface area (Å²) in [6.07, 6.45) is 8.34. The van der Waals surface area contributed by atoms with Gasteiger partial charge in [0, 0.05) is 74.7 Å². The third-order valence-electron chi connectivity index (χ3n) is 10.6. The third kappa shape index (κ3) is 5.23. The Kier molecular flexibility index (Phi) is 7.86. The van der Waals surface area contributed by atoms with Crippen LogP contribution in [0.2, 0.25) is 5.02 Å². The Morgan fingerprint density at radius 3 is 1.59 bits per heavy atom. The van der Waals surface area contributed by atoms with E-state index in [0.29, 0.717) is 10.8 Å². The van der Waals surface area contributed by atoms with Crippen LogP contribution in [-0.2, 0) is 0 Å². The van der Waals surface area contributed by atoms with Crippen LogP contribution in [0.3, 0.4) is 0 Å². The summed E-state index contributed by atoms with van der Waals surface area (Å²) in [4.78, 5) is 17.4. The van der Waals surface area contributed by atoms with E-state index in [0.717, 1.165) is 59.6 Å². The second-order valence-electron chi connectivity index (χ2n) is 13.6. The van der Waals surface area contributed by atoms with Gasteiger partial charge in [-0.15, -0.1) is 0 Å². The Morgan fingerprint density at radius 2 is 1.00 bits per heavy atom. The number of aromatic nitrogens is 4. The van der Waals surface area contributed by atoms with Crippen molar-refractivity contribution in [3.63, 3.8) is 0 Å². The predicted octanol–water partition coefficient (Wildman–Crippen LogP) is 12.4. The van der Waals surface area contributed by atoms with E-state index >= 15 is 0 Å². The van der Waals surface area contributed by atoms with Crippen molar-refractivity contribution in [2.75, 3.05) is 0 Å². The maximum atomic E-state index is 10.8. The summed E-state index contributed by atoms with van der Waals surface area (Å²) in [6, 6.07) is 45.0. The van der Waals surface area contributed by atoms with Gasteiger partial charge in [-0.2, -0.15) is 4.73 Å². The van der Waals surface area contributed by atoms with Gasteiger partial charge in [0.05, 0.1) is 15.0 Å². The Bertz CT molecular complexity index is 2930. The molecule has 4 heterocycles. The monoisotopic (exact) mass is 786 g/mol. The number of phenolic OH excluding ortho intramolecular Hbond substituents is 1. The van der Waals surface area contributed by atoms with Crippen molar-refractivity contribution in [2.45, 2.75) is 11.8 Å². The van der Waals surface area contributed by atoms with Crippen molar-refractivity contribution < 1.29 is 9.94 Å². The average molecular weight is 788 g/mol. The molecule has 6 aromatic carbocycles. The zero-order valence-electron chi connectivity index (χ0n) is 28.7. The Hall–Kier alpha value is -6.15. The number of fused-ring (bicyclic) bond motifs is 4. The molecule has 4 N–H and O–H groups in total. The molecule has 54 heavy (non-hydrogen) atoms. The predicted molar refractivity (Wildman–Crippen MR) is 222 cm³/mol. The number of hydrogen-bond acceptors (Lipinski definition) is 2. The average Bonchev–Trinajstić information content (AvgIpc) is 4.01. The van der Waals surface area contributed by atoms with Crippen LogP contribution >= 0.6 is 27.5 Å². The molecular formula is C46H32BrClN4O2. The van der Waals surface area contributed by atoms with Gasteiger partial charge in [0.2, 0.25) is 0 Å². The van der Waals surface area contributed by atoms with Crippen molar-refractivity contribution in [3.8, 4) is 11.5 Å². The first kappa shape index (κ1) is 32.5. The molecule has 6 nitrogen and oxygen atoms in total. The van der Waals surface area contributed by atoms with Crippen LogP contribution in [0.5, 0.6) is 11.5 Å². The van der Waals surface area contributed by atoms with Gasteiger partial charge in [-0.3, -0.25) is 0 Å². The standard InChI is InChI=1S/C46H32BrClN4O2/c47-45-31(43(33-23-49-37-17-5-1-11-27(33)37)34-24-50-38-18-6-2-12-28(34)38)15-10-22-42(45)54-52-26-36(30-14-4-8-20-40(30)52)44(32-16-9-21-41(53)46(32)48)35-25-51-39-19-7-3-13-29(35)39/h1-26,43-44,49-51,53H. The Morgan fingerprint density at radius 1 is 0.519 bits per heavy atom.